The smallest absolute Gasteiger partial charge is 0.265 e. The molecule has 0 aliphatic rings. The van der Waals surface area contributed by atoms with Crippen LogP contribution in [0.5, 0.6) is 5.75 Å². The second-order valence-corrected chi connectivity index (χ2v) is 6.00. The fourth-order valence-electron chi connectivity index (χ4n) is 2.32. The van der Waals surface area contributed by atoms with Crippen LogP contribution >= 0.6 is 0 Å². The first kappa shape index (κ1) is 17.1. The fraction of sp³-hybridized carbons (Fsp3) is 0.350. The molecule has 0 aliphatic carbocycles. The number of amides is 1. The zero-order valence-electron chi connectivity index (χ0n) is 14.3. The van der Waals surface area contributed by atoms with Crippen molar-refractivity contribution in [3.05, 3.63) is 59.7 Å². The lowest BCUT2D eigenvalue weighted by molar-refractivity contribution is -0.122. The molecule has 0 spiro atoms. The topological polar surface area (TPSA) is 38.3 Å². The van der Waals surface area contributed by atoms with Crippen LogP contribution in [0.25, 0.3) is 0 Å². The number of aryl methyl sites for hydroxylation is 1. The van der Waals surface area contributed by atoms with Gasteiger partial charge in [0.05, 0.1) is 0 Å². The molecule has 2 aromatic rings. The summed E-state index contributed by atoms with van der Waals surface area (Å²) in [6.45, 7) is 8.12. The molecular formula is C20H25NO2. The Labute approximate surface area is 138 Å². The SMILES string of the molecule is CC[C@@H](C)c1ccc(NC(=O)[C@@H](C)Oc2cccc(C)c2)cc1. The molecule has 122 valence electrons. The predicted octanol–water partition coefficient (Wildman–Crippen LogP) is 4.91. The first-order valence-electron chi connectivity index (χ1n) is 8.13. The number of nitrogens with one attached hydrogen (secondary N) is 1. The molecule has 0 radical (unpaired) electrons. The third-order valence-corrected chi connectivity index (χ3v) is 4.03. The third-order valence-electron chi connectivity index (χ3n) is 4.03. The monoisotopic (exact) mass is 311 g/mol. The van der Waals surface area contributed by atoms with Gasteiger partial charge in [-0.05, 0) is 61.6 Å². The van der Waals surface area contributed by atoms with E-state index in [-0.39, 0.29) is 5.91 Å². The first-order valence-corrected chi connectivity index (χ1v) is 8.13. The van der Waals surface area contributed by atoms with E-state index in [1.807, 2.05) is 43.3 Å². The Balaban J connectivity index is 1.95. The van der Waals surface area contributed by atoms with Gasteiger partial charge in [-0.25, -0.2) is 0 Å². The van der Waals surface area contributed by atoms with Crippen LogP contribution in [0.3, 0.4) is 0 Å². The second-order valence-electron chi connectivity index (χ2n) is 6.00. The molecule has 0 aromatic heterocycles. The van der Waals surface area contributed by atoms with E-state index in [0.29, 0.717) is 11.7 Å². The Morgan fingerprint density at radius 3 is 2.43 bits per heavy atom. The van der Waals surface area contributed by atoms with E-state index in [4.69, 9.17) is 4.74 Å². The van der Waals surface area contributed by atoms with Gasteiger partial charge in [0.2, 0.25) is 0 Å². The van der Waals surface area contributed by atoms with Gasteiger partial charge in [-0.15, -0.1) is 0 Å². The van der Waals surface area contributed by atoms with Crippen molar-refractivity contribution in [3.63, 3.8) is 0 Å². The molecule has 1 N–H and O–H groups in total. The van der Waals surface area contributed by atoms with Crippen LogP contribution in [0.4, 0.5) is 5.69 Å². The zero-order chi connectivity index (χ0) is 16.8. The molecule has 3 nitrogen and oxygen atoms in total. The van der Waals surface area contributed by atoms with Gasteiger partial charge in [0.25, 0.3) is 5.91 Å². The van der Waals surface area contributed by atoms with Crippen molar-refractivity contribution in [1.82, 2.24) is 0 Å². The summed E-state index contributed by atoms with van der Waals surface area (Å²) < 4.78 is 5.70. The summed E-state index contributed by atoms with van der Waals surface area (Å²) >= 11 is 0. The Hall–Kier alpha value is -2.29. The molecule has 0 saturated heterocycles. The minimum atomic E-state index is -0.550. The number of hydrogen-bond acceptors (Lipinski definition) is 2. The van der Waals surface area contributed by atoms with Crippen molar-refractivity contribution in [2.75, 3.05) is 5.32 Å². The molecule has 23 heavy (non-hydrogen) atoms. The van der Waals surface area contributed by atoms with Crippen molar-refractivity contribution < 1.29 is 9.53 Å². The van der Waals surface area contributed by atoms with E-state index in [0.717, 1.165) is 17.7 Å². The van der Waals surface area contributed by atoms with Crippen LogP contribution in [0, 0.1) is 6.92 Å². The average Bonchev–Trinajstić information content (AvgIpc) is 2.54. The molecule has 2 aromatic carbocycles. The van der Waals surface area contributed by atoms with Gasteiger partial charge < -0.3 is 10.1 Å². The normalized spacial score (nSPS) is 13.2. The minimum Gasteiger partial charge on any atom is -0.481 e. The molecule has 0 heterocycles. The van der Waals surface area contributed by atoms with E-state index >= 15 is 0 Å². The Bertz CT molecular complexity index is 649. The van der Waals surface area contributed by atoms with E-state index < -0.39 is 6.10 Å². The summed E-state index contributed by atoms with van der Waals surface area (Å²) in [6, 6.07) is 15.7. The lowest BCUT2D eigenvalue weighted by Gasteiger charge is -2.16. The Morgan fingerprint density at radius 2 is 1.83 bits per heavy atom. The molecular weight excluding hydrogens is 286 g/mol. The molecule has 0 bridgehead atoms. The minimum absolute atomic E-state index is 0.150. The van der Waals surface area contributed by atoms with Crippen LogP contribution in [0.1, 0.15) is 44.2 Å². The lowest BCUT2D eigenvalue weighted by Crippen LogP contribution is -2.30. The number of hydrogen-bond donors (Lipinski definition) is 1. The van der Waals surface area contributed by atoms with Crippen LogP contribution < -0.4 is 10.1 Å². The van der Waals surface area contributed by atoms with E-state index in [2.05, 4.69) is 31.3 Å². The van der Waals surface area contributed by atoms with Crippen molar-refractivity contribution in [2.45, 2.75) is 46.1 Å². The zero-order valence-corrected chi connectivity index (χ0v) is 14.3. The largest absolute Gasteiger partial charge is 0.481 e. The Morgan fingerprint density at radius 1 is 1.13 bits per heavy atom. The summed E-state index contributed by atoms with van der Waals surface area (Å²) in [5, 5.41) is 2.90. The van der Waals surface area contributed by atoms with Crippen molar-refractivity contribution >= 4 is 11.6 Å². The summed E-state index contributed by atoms with van der Waals surface area (Å²) in [5.74, 6) is 1.09. The Kier molecular flexibility index (Phi) is 5.80. The number of benzene rings is 2. The van der Waals surface area contributed by atoms with Crippen molar-refractivity contribution in [1.29, 1.82) is 0 Å². The van der Waals surface area contributed by atoms with E-state index in [1.165, 1.54) is 5.56 Å². The maximum atomic E-state index is 12.2. The molecule has 0 fully saturated rings. The number of carbonyl (C=O) groups is 1. The first-order chi connectivity index (χ1) is 11.0. The number of carbonyl (C=O) groups excluding carboxylic acids is 1. The van der Waals surface area contributed by atoms with Gasteiger partial charge >= 0.3 is 0 Å². The van der Waals surface area contributed by atoms with Crippen molar-refractivity contribution in [2.24, 2.45) is 0 Å². The van der Waals surface area contributed by atoms with Gasteiger partial charge in [0.1, 0.15) is 5.75 Å². The third kappa shape index (κ3) is 4.85. The van der Waals surface area contributed by atoms with Crippen LogP contribution in [-0.4, -0.2) is 12.0 Å². The predicted molar refractivity (Wildman–Crippen MR) is 95.0 cm³/mol. The summed E-state index contributed by atoms with van der Waals surface area (Å²) in [4.78, 5) is 12.2. The maximum Gasteiger partial charge on any atom is 0.265 e. The van der Waals surface area contributed by atoms with Gasteiger partial charge in [-0.2, -0.15) is 0 Å². The summed E-state index contributed by atoms with van der Waals surface area (Å²) in [5.41, 5.74) is 3.19. The highest BCUT2D eigenvalue weighted by atomic mass is 16.5. The molecule has 2 rings (SSSR count). The van der Waals surface area contributed by atoms with Gasteiger partial charge in [0.15, 0.2) is 6.10 Å². The maximum absolute atomic E-state index is 12.2. The second kappa shape index (κ2) is 7.82. The van der Waals surface area contributed by atoms with E-state index in [1.54, 1.807) is 6.92 Å². The highest BCUT2D eigenvalue weighted by Gasteiger charge is 2.15. The molecule has 1 amide bonds. The molecule has 3 heteroatoms. The fourth-order valence-corrected chi connectivity index (χ4v) is 2.32. The number of anilines is 1. The molecule has 0 unspecified atom stereocenters. The average molecular weight is 311 g/mol. The molecule has 0 saturated carbocycles. The van der Waals surface area contributed by atoms with Crippen LogP contribution in [0.2, 0.25) is 0 Å². The summed E-state index contributed by atoms with van der Waals surface area (Å²) in [7, 11) is 0. The highest BCUT2D eigenvalue weighted by Crippen LogP contribution is 2.21. The lowest BCUT2D eigenvalue weighted by atomic mass is 9.99. The highest BCUT2D eigenvalue weighted by molar-refractivity contribution is 5.94. The van der Waals surface area contributed by atoms with Gasteiger partial charge in [-0.3, -0.25) is 4.79 Å². The van der Waals surface area contributed by atoms with Crippen LogP contribution in [-0.2, 0) is 4.79 Å². The summed E-state index contributed by atoms with van der Waals surface area (Å²) in [6.07, 6.45) is 0.554. The number of rotatable bonds is 6. The molecule has 0 aliphatic heterocycles. The molecule has 2 atom stereocenters. The van der Waals surface area contributed by atoms with Gasteiger partial charge in [0, 0.05) is 5.69 Å². The van der Waals surface area contributed by atoms with E-state index in [9.17, 15) is 4.79 Å². The quantitative estimate of drug-likeness (QED) is 0.822. The van der Waals surface area contributed by atoms with Gasteiger partial charge in [-0.1, -0.05) is 38.1 Å². The van der Waals surface area contributed by atoms with Crippen LogP contribution in [0.15, 0.2) is 48.5 Å². The standard InChI is InChI=1S/C20H25NO2/c1-5-15(3)17-9-11-18(12-10-17)21-20(22)16(4)23-19-8-6-7-14(2)13-19/h6-13,15-16H,5H2,1-4H3,(H,21,22)/t15-,16-/m1/s1. The number of ether oxygens (including phenoxy) is 1. The van der Waals surface area contributed by atoms with Crippen molar-refractivity contribution in [3.8, 4) is 5.75 Å².